The Kier molecular flexibility index (Phi) is 6.03. The summed E-state index contributed by atoms with van der Waals surface area (Å²) in [5.41, 5.74) is 2.73. The largest absolute Gasteiger partial charge is 0.491 e. The first-order chi connectivity index (χ1) is 10.8. The first-order valence-corrected chi connectivity index (χ1v) is 7.06. The zero-order valence-electron chi connectivity index (χ0n) is 12.2. The van der Waals surface area contributed by atoms with Crippen molar-refractivity contribution in [2.24, 2.45) is 0 Å². The van der Waals surface area contributed by atoms with Crippen molar-refractivity contribution in [1.82, 2.24) is 0 Å². The summed E-state index contributed by atoms with van der Waals surface area (Å²) in [5, 5.41) is 20.7. The summed E-state index contributed by atoms with van der Waals surface area (Å²) in [7, 11) is 0. The number of ether oxygens (including phenoxy) is 1. The molecule has 0 fully saturated rings. The van der Waals surface area contributed by atoms with E-state index in [4.69, 9.17) is 15.1 Å². The number of nitrogens with zero attached hydrogens (tertiary/aromatic N) is 1. The van der Waals surface area contributed by atoms with Gasteiger partial charge in [-0.2, -0.15) is 5.26 Å². The van der Waals surface area contributed by atoms with Gasteiger partial charge >= 0.3 is 0 Å². The number of anilines is 1. The molecule has 0 atom stereocenters. The molecule has 0 amide bonds. The Morgan fingerprint density at radius 1 is 1.09 bits per heavy atom. The summed E-state index contributed by atoms with van der Waals surface area (Å²) in [4.78, 5) is 0. The van der Waals surface area contributed by atoms with Gasteiger partial charge in [0.05, 0.1) is 18.2 Å². The van der Waals surface area contributed by atoms with E-state index in [9.17, 15) is 0 Å². The van der Waals surface area contributed by atoms with E-state index in [-0.39, 0.29) is 6.61 Å². The minimum absolute atomic E-state index is 0.0140. The van der Waals surface area contributed by atoms with Crippen LogP contribution in [-0.4, -0.2) is 24.9 Å². The predicted octanol–water partition coefficient (Wildman–Crippen LogP) is 3.05. The lowest BCUT2D eigenvalue weighted by atomic mass is 10.1. The number of nitrogens with one attached hydrogen (secondary N) is 1. The quantitative estimate of drug-likeness (QED) is 0.823. The second-order valence-corrected chi connectivity index (χ2v) is 4.61. The molecule has 0 saturated heterocycles. The molecule has 0 aromatic heterocycles. The lowest BCUT2D eigenvalue weighted by molar-refractivity contribution is 0.201. The zero-order chi connectivity index (χ0) is 15.6. The Balaban J connectivity index is 1.80. The summed E-state index contributed by atoms with van der Waals surface area (Å²) in [6.07, 6.45) is 4.03. The van der Waals surface area contributed by atoms with Gasteiger partial charge in [0.2, 0.25) is 0 Å². The van der Waals surface area contributed by atoms with Crippen molar-refractivity contribution in [3.63, 3.8) is 0 Å². The fourth-order valence-corrected chi connectivity index (χ4v) is 1.87. The number of rotatable bonds is 7. The van der Waals surface area contributed by atoms with E-state index in [1.54, 1.807) is 12.1 Å². The van der Waals surface area contributed by atoms with Crippen LogP contribution < -0.4 is 10.1 Å². The van der Waals surface area contributed by atoms with Crippen LogP contribution in [0.4, 0.5) is 5.69 Å². The maximum absolute atomic E-state index is 8.74. The zero-order valence-corrected chi connectivity index (χ0v) is 12.2. The van der Waals surface area contributed by atoms with Crippen molar-refractivity contribution >= 4 is 11.8 Å². The van der Waals surface area contributed by atoms with Crippen molar-refractivity contribution in [3.05, 3.63) is 65.7 Å². The molecule has 0 spiro atoms. The van der Waals surface area contributed by atoms with Crippen molar-refractivity contribution in [2.75, 3.05) is 25.1 Å². The molecule has 4 nitrogen and oxygen atoms in total. The summed E-state index contributed by atoms with van der Waals surface area (Å²) in [6.45, 7) is 1.02. The van der Waals surface area contributed by atoms with Gasteiger partial charge in [0.15, 0.2) is 0 Å². The molecule has 0 aliphatic rings. The second-order valence-electron chi connectivity index (χ2n) is 4.61. The van der Waals surface area contributed by atoms with Crippen LogP contribution in [0, 0.1) is 11.3 Å². The van der Waals surface area contributed by atoms with E-state index in [2.05, 4.69) is 11.4 Å². The maximum Gasteiger partial charge on any atom is 0.119 e. The van der Waals surface area contributed by atoms with Gasteiger partial charge < -0.3 is 15.2 Å². The van der Waals surface area contributed by atoms with Crippen LogP contribution >= 0.6 is 0 Å². The Morgan fingerprint density at radius 3 is 2.45 bits per heavy atom. The molecule has 0 heterocycles. The molecule has 0 saturated carbocycles. The summed E-state index contributed by atoms with van der Waals surface area (Å²) in [5.74, 6) is 0.743. The number of nitriles is 1. The Hall–Kier alpha value is -2.77. The highest BCUT2D eigenvalue weighted by Gasteiger charge is 1.94. The molecule has 2 rings (SSSR count). The number of hydrogen-bond donors (Lipinski definition) is 2. The van der Waals surface area contributed by atoms with E-state index in [1.807, 2.05) is 48.6 Å². The molecule has 2 N–H and O–H groups in total. The van der Waals surface area contributed by atoms with Gasteiger partial charge in [-0.1, -0.05) is 24.3 Å². The van der Waals surface area contributed by atoms with E-state index in [0.717, 1.165) is 17.0 Å². The van der Waals surface area contributed by atoms with E-state index in [0.29, 0.717) is 18.7 Å². The van der Waals surface area contributed by atoms with Crippen molar-refractivity contribution in [3.8, 4) is 11.8 Å². The number of aliphatic hydroxyl groups is 1. The first kappa shape index (κ1) is 15.6. The highest BCUT2D eigenvalue weighted by atomic mass is 16.5. The molecule has 22 heavy (non-hydrogen) atoms. The normalized spacial score (nSPS) is 10.4. The van der Waals surface area contributed by atoms with Gasteiger partial charge in [-0.3, -0.25) is 0 Å². The van der Waals surface area contributed by atoms with E-state index < -0.39 is 0 Å². The van der Waals surface area contributed by atoms with Gasteiger partial charge in [0.25, 0.3) is 0 Å². The van der Waals surface area contributed by atoms with E-state index >= 15 is 0 Å². The summed E-state index contributed by atoms with van der Waals surface area (Å²) >= 11 is 0. The Bertz CT molecular complexity index is 640. The molecule has 0 aliphatic heterocycles. The summed E-state index contributed by atoms with van der Waals surface area (Å²) < 4.78 is 5.30. The van der Waals surface area contributed by atoms with Crippen LogP contribution in [-0.2, 0) is 0 Å². The van der Waals surface area contributed by atoms with Crippen LogP contribution in [0.2, 0.25) is 0 Å². The molecule has 112 valence electrons. The number of benzene rings is 2. The highest BCUT2D eigenvalue weighted by Crippen LogP contribution is 2.15. The number of aliphatic hydroxyl groups excluding tert-OH is 1. The minimum atomic E-state index is 0.0140. The predicted molar refractivity (Wildman–Crippen MR) is 87.7 cm³/mol. The van der Waals surface area contributed by atoms with Crippen molar-refractivity contribution in [2.45, 2.75) is 0 Å². The molecular weight excluding hydrogens is 276 g/mol. The molecule has 0 unspecified atom stereocenters. The highest BCUT2D eigenvalue weighted by molar-refractivity contribution is 5.53. The fourth-order valence-electron chi connectivity index (χ4n) is 1.87. The van der Waals surface area contributed by atoms with Gasteiger partial charge in [-0.25, -0.2) is 0 Å². The Morgan fingerprint density at radius 2 is 1.82 bits per heavy atom. The Labute approximate surface area is 130 Å². The van der Waals surface area contributed by atoms with Gasteiger partial charge in [-0.15, -0.1) is 0 Å². The molecule has 0 radical (unpaired) electrons. The third-order valence-corrected chi connectivity index (χ3v) is 2.99. The van der Waals surface area contributed by atoms with Gasteiger partial charge in [0, 0.05) is 12.2 Å². The standard InChI is InChI=1S/C18H18N2O2/c19-14-16-5-3-15(4-6-16)2-1-11-20-17-7-9-18(10-8-17)22-13-12-21/h1-10,20-21H,11-13H2/b2-1+. The molecule has 0 aliphatic carbocycles. The monoisotopic (exact) mass is 294 g/mol. The smallest absolute Gasteiger partial charge is 0.119 e. The SMILES string of the molecule is N#Cc1ccc(/C=C/CNc2ccc(OCCO)cc2)cc1. The fraction of sp³-hybridized carbons (Fsp3) is 0.167. The average Bonchev–Trinajstić information content (AvgIpc) is 2.58. The maximum atomic E-state index is 8.74. The molecule has 4 heteroatoms. The van der Waals surface area contributed by atoms with Crippen LogP contribution in [0.25, 0.3) is 6.08 Å². The molecule has 2 aromatic carbocycles. The van der Waals surface area contributed by atoms with Crippen LogP contribution in [0.15, 0.2) is 54.6 Å². The van der Waals surface area contributed by atoms with Crippen LogP contribution in [0.3, 0.4) is 0 Å². The topological polar surface area (TPSA) is 65.3 Å². The van der Waals surface area contributed by atoms with Crippen molar-refractivity contribution < 1.29 is 9.84 Å². The van der Waals surface area contributed by atoms with Crippen molar-refractivity contribution in [1.29, 1.82) is 5.26 Å². The average molecular weight is 294 g/mol. The van der Waals surface area contributed by atoms with Crippen LogP contribution in [0.1, 0.15) is 11.1 Å². The molecule has 2 aromatic rings. The lowest BCUT2D eigenvalue weighted by Gasteiger charge is -2.06. The third kappa shape index (κ3) is 4.97. The lowest BCUT2D eigenvalue weighted by Crippen LogP contribution is -2.02. The summed E-state index contributed by atoms with van der Waals surface area (Å²) in [6, 6.07) is 17.1. The van der Waals surface area contributed by atoms with Gasteiger partial charge in [-0.05, 0) is 42.0 Å². The molecular formula is C18H18N2O2. The first-order valence-electron chi connectivity index (χ1n) is 7.06. The van der Waals surface area contributed by atoms with E-state index in [1.165, 1.54) is 0 Å². The second kappa shape index (κ2) is 8.50. The van der Waals surface area contributed by atoms with Gasteiger partial charge in [0.1, 0.15) is 12.4 Å². The van der Waals surface area contributed by atoms with Crippen LogP contribution in [0.5, 0.6) is 5.75 Å². The minimum Gasteiger partial charge on any atom is -0.491 e. The number of hydrogen-bond acceptors (Lipinski definition) is 4. The molecule has 0 bridgehead atoms. The third-order valence-electron chi connectivity index (χ3n) is 2.99.